The highest BCUT2D eigenvalue weighted by Crippen LogP contribution is 2.07. The fraction of sp³-hybridized carbons (Fsp3) is 0.400. The Labute approximate surface area is 93.7 Å². The molecule has 0 radical (unpaired) electrons. The molecule has 0 atom stereocenters. The Morgan fingerprint density at radius 2 is 2.47 bits per heavy atom. The van der Waals surface area contributed by atoms with Crippen LogP contribution in [0.5, 0.6) is 0 Å². The summed E-state index contributed by atoms with van der Waals surface area (Å²) in [5.41, 5.74) is 6.54. The van der Waals surface area contributed by atoms with Crippen LogP contribution >= 0.6 is 11.8 Å². The van der Waals surface area contributed by atoms with Crippen LogP contribution in [-0.4, -0.2) is 29.4 Å². The van der Waals surface area contributed by atoms with E-state index in [4.69, 9.17) is 5.73 Å². The van der Waals surface area contributed by atoms with E-state index in [1.54, 1.807) is 24.0 Å². The molecule has 1 amide bonds. The molecule has 0 aliphatic carbocycles. The first kappa shape index (κ1) is 11.8. The second-order valence-electron chi connectivity index (χ2n) is 3.07. The lowest BCUT2D eigenvalue weighted by atomic mass is 10.2. The molecule has 3 N–H and O–H groups in total. The van der Waals surface area contributed by atoms with E-state index in [0.29, 0.717) is 17.8 Å². The molecule has 0 aliphatic heterocycles. The summed E-state index contributed by atoms with van der Waals surface area (Å²) in [5, 5.41) is 2.81. The lowest BCUT2D eigenvalue weighted by Crippen LogP contribution is -2.25. The van der Waals surface area contributed by atoms with Gasteiger partial charge in [-0.1, -0.05) is 0 Å². The zero-order chi connectivity index (χ0) is 11.1. The average Bonchev–Trinajstić information content (AvgIpc) is 2.25. The number of hydrogen-bond acceptors (Lipinski definition) is 4. The van der Waals surface area contributed by atoms with Crippen LogP contribution in [0, 0.1) is 0 Å². The van der Waals surface area contributed by atoms with Gasteiger partial charge in [-0.3, -0.25) is 9.78 Å². The van der Waals surface area contributed by atoms with Crippen molar-refractivity contribution in [2.75, 3.05) is 24.3 Å². The molecule has 5 heteroatoms. The van der Waals surface area contributed by atoms with E-state index in [1.807, 2.05) is 6.26 Å². The minimum absolute atomic E-state index is 0.129. The molecule has 1 heterocycles. The number of hydrogen-bond donors (Lipinski definition) is 2. The van der Waals surface area contributed by atoms with Crippen molar-refractivity contribution in [1.29, 1.82) is 0 Å². The zero-order valence-corrected chi connectivity index (χ0v) is 9.51. The Morgan fingerprint density at radius 3 is 3.13 bits per heavy atom. The van der Waals surface area contributed by atoms with Gasteiger partial charge in [0, 0.05) is 12.7 Å². The molecular formula is C10H15N3OS. The fourth-order valence-electron chi connectivity index (χ4n) is 1.13. The second kappa shape index (κ2) is 6.29. The van der Waals surface area contributed by atoms with Crippen molar-refractivity contribution < 1.29 is 4.79 Å². The third-order valence-corrected chi connectivity index (χ3v) is 2.60. The molecule has 0 unspecified atom stereocenters. The number of thioether (sulfide) groups is 1. The van der Waals surface area contributed by atoms with E-state index >= 15 is 0 Å². The predicted molar refractivity (Wildman–Crippen MR) is 64.0 cm³/mol. The number of nitrogens with zero attached hydrogens (tertiary/aromatic N) is 1. The number of pyridine rings is 1. The van der Waals surface area contributed by atoms with Crippen molar-refractivity contribution in [3.05, 3.63) is 24.0 Å². The van der Waals surface area contributed by atoms with Crippen molar-refractivity contribution in [1.82, 2.24) is 10.3 Å². The summed E-state index contributed by atoms with van der Waals surface area (Å²) in [4.78, 5) is 15.4. The van der Waals surface area contributed by atoms with Crippen LogP contribution in [0.1, 0.15) is 16.8 Å². The molecule has 1 rings (SSSR count). The third kappa shape index (κ3) is 3.79. The van der Waals surface area contributed by atoms with Gasteiger partial charge in [-0.2, -0.15) is 11.8 Å². The summed E-state index contributed by atoms with van der Waals surface area (Å²) < 4.78 is 0. The number of nitrogens with one attached hydrogen (secondary N) is 1. The summed E-state index contributed by atoms with van der Waals surface area (Å²) in [7, 11) is 0. The van der Waals surface area contributed by atoms with Crippen LogP contribution < -0.4 is 11.1 Å². The molecule has 0 saturated carbocycles. The van der Waals surface area contributed by atoms with Gasteiger partial charge < -0.3 is 11.1 Å². The lowest BCUT2D eigenvalue weighted by molar-refractivity contribution is 0.0954. The van der Waals surface area contributed by atoms with Crippen molar-refractivity contribution >= 4 is 23.4 Å². The Hall–Kier alpha value is -1.23. The maximum Gasteiger partial charge on any atom is 0.253 e. The highest BCUT2D eigenvalue weighted by atomic mass is 32.2. The summed E-state index contributed by atoms with van der Waals surface area (Å²) in [6.45, 7) is 0.682. The molecule has 4 nitrogen and oxygen atoms in total. The summed E-state index contributed by atoms with van der Waals surface area (Å²) >= 11 is 1.77. The van der Waals surface area contributed by atoms with Crippen LogP contribution in [-0.2, 0) is 0 Å². The highest BCUT2D eigenvalue weighted by Gasteiger charge is 2.07. The first-order valence-corrected chi connectivity index (χ1v) is 6.11. The molecule has 0 saturated heterocycles. The molecular weight excluding hydrogens is 210 g/mol. The van der Waals surface area contributed by atoms with E-state index in [9.17, 15) is 4.79 Å². The molecule has 0 spiro atoms. The Balaban J connectivity index is 2.44. The molecule has 0 fully saturated rings. The highest BCUT2D eigenvalue weighted by molar-refractivity contribution is 7.98. The predicted octanol–water partition coefficient (Wildman–Crippen LogP) is 1.15. The van der Waals surface area contributed by atoms with Crippen molar-refractivity contribution in [2.24, 2.45) is 0 Å². The van der Waals surface area contributed by atoms with Crippen molar-refractivity contribution in [2.45, 2.75) is 6.42 Å². The van der Waals surface area contributed by atoms with E-state index in [-0.39, 0.29) is 5.91 Å². The quantitative estimate of drug-likeness (QED) is 0.738. The maximum atomic E-state index is 11.6. The fourth-order valence-corrected chi connectivity index (χ4v) is 1.56. The Morgan fingerprint density at radius 1 is 1.67 bits per heavy atom. The second-order valence-corrected chi connectivity index (χ2v) is 4.05. The topological polar surface area (TPSA) is 68.0 Å². The number of carbonyl (C=O) groups is 1. The molecule has 0 aromatic carbocycles. The molecule has 0 aliphatic rings. The molecule has 15 heavy (non-hydrogen) atoms. The van der Waals surface area contributed by atoms with Crippen LogP contribution in [0.15, 0.2) is 18.5 Å². The smallest absolute Gasteiger partial charge is 0.253 e. The first-order valence-electron chi connectivity index (χ1n) is 4.72. The normalized spacial score (nSPS) is 9.93. The van der Waals surface area contributed by atoms with Gasteiger partial charge in [0.1, 0.15) is 0 Å². The Kier molecular flexibility index (Phi) is 4.97. The average molecular weight is 225 g/mol. The summed E-state index contributed by atoms with van der Waals surface area (Å²) in [6, 6.07) is 1.62. The minimum Gasteiger partial charge on any atom is -0.397 e. The van der Waals surface area contributed by atoms with Gasteiger partial charge >= 0.3 is 0 Å². The molecule has 0 bridgehead atoms. The largest absolute Gasteiger partial charge is 0.397 e. The van der Waals surface area contributed by atoms with Gasteiger partial charge in [0.05, 0.1) is 17.4 Å². The Bertz CT molecular complexity index is 330. The van der Waals surface area contributed by atoms with Gasteiger partial charge in [0.2, 0.25) is 0 Å². The number of aromatic nitrogens is 1. The van der Waals surface area contributed by atoms with Crippen LogP contribution in [0.3, 0.4) is 0 Å². The van der Waals surface area contributed by atoms with E-state index in [1.165, 1.54) is 6.20 Å². The lowest BCUT2D eigenvalue weighted by Gasteiger charge is -2.06. The number of anilines is 1. The van der Waals surface area contributed by atoms with Gasteiger partial charge in [-0.15, -0.1) is 0 Å². The van der Waals surface area contributed by atoms with E-state index < -0.39 is 0 Å². The standard InChI is InChI=1S/C10H15N3OS/c1-15-6-2-4-13-10(14)8-3-5-12-7-9(8)11/h3,5,7H,2,4,6,11H2,1H3,(H,13,14). The van der Waals surface area contributed by atoms with Crippen LogP contribution in [0.2, 0.25) is 0 Å². The van der Waals surface area contributed by atoms with Gasteiger partial charge in [0.15, 0.2) is 0 Å². The van der Waals surface area contributed by atoms with E-state index in [0.717, 1.165) is 12.2 Å². The number of nitrogens with two attached hydrogens (primary N) is 1. The molecule has 82 valence electrons. The van der Waals surface area contributed by atoms with Gasteiger partial charge in [0.25, 0.3) is 5.91 Å². The number of rotatable bonds is 5. The minimum atomic E-state index is -0.129. The molecule has 1 aromatic heterocycles. The summed E-state index contributed by atoms with van der Waals surface area (Å²) in [6.07, 6.45) is 6.06. The SMILES string of the molecule is CSCCCNC(=O)c1ccncc1N. The third-order valence-electron chi connectivity index (χ3n) is 1.91. The molecule has 1 aromatic rings. The monoisotopic (exact) mass is 225 g/mol. The number of carbonyl (C=O) groups excluding carboxylic acids is 1. The zero-order valence-electron chi connectivity index (χ0n) is 8.69. The van der Waals surface area contributed by atoms with E-state index in [2.05, 4.69) is 10.3 Å². The van der Waals surface area contributed by atoms with Gasteiger partial charge in [-0.25, -0.2) is 0 Å². The van der Waals surface area contributed by atoms with Crippen molar-refractivity contribution in [3.63, 3.8) is 0 Å². The maximum absolute atomic E-state index is 11.6. The first-order chi connectivity index (χ1) is 7.25. The van der Waals surface area contributed by atoms with Crippen LogP contribution in [0.4, 0.5) is 5.69 Å². The van der Waals surface area contributed by atoms with Gasteiger partial charge in [-0.05, 0) is 24.5 Å². The van der Waals surface area contributed by atoms with Crippen LogP contribution in [0.25, 0.3) is 0 Å². The number of amides is 1. The van der Waals surface area contributed by atoms with Crippen molar-refractivity contribution in [3.8, 4) is 0 Å². The number of nitrogen functional groups attached to an aromatic ring is 1. The summed E-state index contributed by atoms with van der Waals surface area (Å²) in [5.74, 6) is 0.919.